The standard InChI is InChI=1S/C30H31N3O4Se/c1-35-22-11-10-20-24(25(22)36-2)32-30-21(26(34)37-3)16-27(17-23(30)38-19-8-5-4-6-9-19)12-7-14-33-15-13-28(20,30)29(27,33)18-31/h4-6,8-11,16,23,32H,7,12-15,17H2,1-3H3/t23?,27-,28+,29-,30-/m0/s1. The van der Waals surface area contributed by atoms with Gasteiger partial charge in [0, 0.05) is 0 Å². The molecule has 8 rings (SSSR count). The zero-order valence-corrected chi connectivity index (χ0v) is 23.6. The Morgan fingerprint density at radius 2 is 1.92 bits per heavy atom. The van der Waals surface area contributed by atoms with E-state index in [2.05, 4.69) is 52.7 Å². The number of carbonyl (C=O) groups is 1. The molecule has 1 N–H and O–H groups in total. The van der Waals surface area contributed by atoms with Gasteiger partial charge in [-0.2, -0.15) is 0 Å². The molecule has 38 heavy (non-hydrogen) atoms. The third-order valence-corrected chi connectivity index (χ3v) is 12.9. The summed E-state index contributed by atoms with van der Waals surface area (Å²) in [6.07, 6.45) is 5.70. The summed E-state index contributed by atoms with van der Waals surface area (Å²) in [7, 11) is 4.76. The van der Waals surface area contributed by atoms with E-state index < -0.39 is 21.9 Å². The first-order chi connectivity index (χ1) is 18.5. The van der Waals surface area contributed by atoms with Crippen molar-refractivity contribution in [3.63, 3.8) is 0 Å². The van der Waals surface area contributed by atoms with Crippen LogP contribution in [0.15, 0.2) is 54.1 Å². The van der Waals surface area contributed by atoms with Crippen molar-refractivity contribution in [3.05, 3.63) is 59.7 Å². The summed E-state index contributed by atoms with van der Waals surface area (Å²) in [6.45, 7) is 1.71. The Morgan fingerprint density at radius 1 is 1.11 bits per heavy atom. The zero-order chi connectivity index (χ0) is 26.3. The van der Waals surface area contributed by atoms with Gasteiger partial charge < -0.3 is 0 Å². The van der Waals surface area contributed by atoms with Gasteiger partial charge in [0.2, 0.25) is 0 Å². The summed E-state index contributed by atoms with van der Waals surface area (Å²) in [6, 6.07) is 17.6. The van der Waals surface area contributed by atoms with Crippen LogP contribution >= 0.6 is 0 Å². The van der Waals surface area contributed by atoms with Crippen LogP contribution in [-0.2, 0) is 14.9 Å². The van der Waals surface area contributed by atoms with Crippen LogP contribution in [0.4, 0.5) is 5.69 Å². The fraction of sp³-hybridized carbons (Fsp3) is 0.467. The minimum absolute atomic E-state index is 0.0354. The molecule has 3 aliphatic heterocycles. The number of esters is 1. The summed E-state index contributed by atoms with van der Waals surface area (Å²) >= 11 is 0.0354. The van der Waals surface area contributed by atoms with Crippen LogP contribution < -0.4 is 19.3 Å². The Kier molecular flexibility index (Phi) is 5.08. The second kappa shape index (κ2) is 8.02. The van der Waals surface area contributed by atoms with E-state index in [-0.39, 0.29) is 25.7 Å². The number of carbonyl (C=O) groups excluding carboxylic acids is 1. The molecule has 5 atom stereocenters. The quantitative estimate of drug-likeness (QED) is 0.433. The van der Waals surface area contributed by atoms with Gasteiger partial charge >= 0.3 is 230 Å². The van der Waals surface area contributed by atoms with Crippen molar-refractivity contribution >= 4 is 31.1 Å². The maximum absolute atomic E-state index is 13.8. The molecule has 196 valence electrons. The van der Waals surface area contributed by atoms with E-state index in [1.807, 2.05) is 12.1 Å². The monoisotopic (exact) mass is 577 g/mol. The van der Waals surface area contributed by atoms with E-state index in [9.17, 15) is 10.1 Å². The number of nitrogens with zero attached hydrogens (tertiary/aromatic N) is 2. The first kappa shape index (κ1) is 24.1. The van der Waals surface area contributed by atoms with Crippen molar-refractivity contribution in [3.8, 4) is 17.6 Å². The maximum atomic E-state index is 13.8. The van der Waals surface area contributed by atoms with E-state index in [1.54, 1.807) is 14.2 Å². The van der Waals surface area contributed by atoms with Gasteiger partial charge in [0.25, 0.3) is 0 Å². The summed E-state index contributed by atoms with van der Waals surface area (Å²) in [5.74, 6) is 0.949. The average Bonchev–Trinajstić information content (AvgIpc) is 3.47. The predicted molar refractivity (Wildman–Crippen MR) is 144 cm³/mol. The van der Waals surface area contributed by atoms with Crippen LogP contribution in [0.1, 0.15) is 31.2 Å². The fourth-order valence-electron chi connectivity index (χ4n) is 9.03. The summed E-state index contributed by atoms with van der Waals surface area (Å²) in [5, 5.41) is 15.2. The Bertz CT molecular complexity index is 1420. The molecular formula is C30H31N3O4Se. The van der Waals surface area contributed by atoms with Gasteiger partial charge in [-0.3, -0.25) is 0 Å². The number of anilines is 1. The zero-order valence-electron chi connectivity index (χ0n) is 21.9. The number of piperidine rings is 1. The van der Waals surface area contributed by atoms with Crippen LogP contribution in [0.25, 0.3) is 0 Å². The van der Waals surface area contributed by atoms with E-state index in [4.69, 9.17) is 14.2 Å². The second-order valence-corrected chi connectivity index (χ2v) is 13.7. The number of nitriles is 1. The number of rotatable bonds is 5. The molecule has 0 aromatic heterocycles. The molecule has 0 amide bonds. The molecule has 1 unspecified atom stereocenters. The SMILES string of the molecule is COC(=O)C1=C[C@@]23CCCN4CC[C@@]5(c6ccc(OC)c(OC)c6N[C@]15C([Se]c1ccccc1)C2)[C@@]43C#N. The second-order valence-electron chi connectivity index (χ2n) is 11.1. The van der Waals surface area contributed by atoms with Crippen LogP contribution in [0.2, 0.25) is 4.82 Å². The molecule has 0 radical (unpaired) electrons. The third-order valence-electron chi connectivity index (χ3n) is 10.1. The molecule has 3 aliphatic carbocycles. The number of ether oxygens (including phenoxy) is 3. The Hall–Kier alpha value is -2.98. The number of nitrogens with one attached hydrogen (secondary N) is 1. The molecule has 3 fully saturated rings. The number of benzene rings is 2. The minimum atomic E-state index is -0.804. The fourth-order valence-corrected chi connectivity index (χ4v) is 12.4. The first-order valence-electron chi connectivity index (χ1n) is 13.2. The van der Waals surface area contributed by atoms with E-state index in [0.29, 0.717) is 17.1 Å². The molecule has 2 aromatic carbocycles. The Balaban J connectivity index is 1.59. The molecular weight excluding hydrogens is 545 g/mol. The predicted octanol–water partition coefficient (Wildman–Crippen LogP) is 3.19. The molecule has 2 saturated heterocycles. The molecule has 1 saturated carbocycles. The number of hydrogen-bond donors (Lipinski definition) is 1. The van der Waals surface area contributed by atoms with Crippen molar-refractivity contribution in [2.24, 2.45) is 5.41 Å². The molecule has 3 spiro atoms. The van der Waals surface area contributed by atoms with Crippen molar-refractivity contribution in [2.45, 2.75) is 47.0 Å². The van der Waals surface area contributed by atoms with Crippen molar-refractivity contribution < 1.29 is 19.0 Å². The van der Waals surface area contributed by atoms with Crippen LogP contribution in [0, 0.1) is 16.7 Å². The van der Waals surface area contributed by atoms with Gasteiger partial charge in [-0.15, -0.1) is 0 Å². The van der Waals surface area contributed by atoms with Gasteiger partial charge in [0.1, 0.15) is 0 Å². The normalized spacial score (nSPS) is 35.7. The topological polar surface area (TPSA) is 83.8 Å². The molecule has 3 heterocycles. The molecule has 8 heteroatoms. The molecule has 2 aromatic rings. The number of methoxy groups -OCH3 is 3. The first-order valence-corrected chi connectivity index (χ1v) is 15.1. The van der Waals surface area contributed by atoms with Crippen LogP contribution in [0.3, 0.4) is 0 Å². The van der Waals surface area contributed by atoms with Crippen molar-refractivity contribution in [1.82, 2.24) is 4.90 Å². The molecule has 6 aliphatic rings. The van der Waals surface area contributed by atoms with E-state index >= 15 is 0 Å². The van der Waals surface area contributed by atoms with E-state index in [0.717, 1.165) is 50.0 Å². The number of fused-ring (bicyclic) bond motifs is 2. The van der Waals surface area contributed by atoms with Gasteiger partial charge in [0.15, 0.2) is 0 Å². The third kappa shape index (κ3) is 2.43. The van der Waals surface area contributed by atoms with Gasteiger partial charge in [-0.1, -0.05) is 0 Å². The van der Waals surface area contributed by atoms with Gasteiger partial charge in [0.05, 0.1) is 0 Å². The Labute approximate surface area is 229 Å². The molecule has 7 nitrogen and oxygen atoms in total. The Morgan fingerprint density at radius 3 is 2.63 bits per heavy atom. The summed E-state index contributed by atoms with van der Waals surface area (Å²) in [4.78, 5) is 16.3. The van der Waals surface area contributed by atoms with Gasteiger partial charge in [-0.25, -0.2) is 0 Å². The van der Waals surface area contributed by atoms with E-state index in [1.165, 1.54) is 11.6 Å². The summed E-state index contributed by atoms with van der Waals surface area (Å²) in [5.41, 5.74) is -0.0655. The van der Waals surface area contributed by atoms with Crippen molar-refractivity contribution in [1.29, 1.82) is 5.26 Å². The number of hydrogen-bond acceptors (Lipinski definition) is 7. The van der Waals surface area contributed by atoms with Gasteiger partial charge in [-0.05, 0) is 0 Å². The van der Waals surface area contributed by atoms with Crippen LogP contribution in [0.5, 0.6) is 11.5 Å². The van der Waals surface area contributed by atoms with Crippen molar-refractivity contribution in [2.75, 3.05) is 39.7 Å². The average molecular weight is 577 g/mol. The van der Waals surface area contributed by atoms with Crippen LogP contribution in [-0.4, -0.2) is 71.3 Å². The molecule has 2 bridgehead atoms. The summed E-state index contributed by atoms with van der Waals surface area (Å²) < 4.78 is 18.4.